The van der Waals surface area contributed by atoms with E-state index in [4.69, 9.17) is 15.1 Å². The molecule has 0 amide bonds. The van der Waals surface area contributed by atoms with Gasteiger partial charge in [0.05, 0.1) is 5.69 Å². The molecular formula is C25H28F3N5O2. The van der Waals surface area contributed by atoms with Crippen LogP contribution in [-0.2, 0) is 12.0 Å². The normalized spacial score (nSPS) is 23.1. The molecule has 0 saturated carbocycles. The summed E-state index contributed by atoms with van der Waals surface area (Å²) >= 11 is 0. The molecule has 10 heteroatoms. The average molecular weight is 488 g/mol. The van der Waals surface area contributed by atoms with Crippen LogP contribution in [0.25, 0.3) is 11.6 Å². The SMILES string of the molecule is Nc1cc(Cc2ccccc2)c2nc1-c1nnc(o1)C(O)(C(F)(F)F)CCCCC[C@@H]1CCCN21. The molecular weight excluding hydrogens is 459 g/mol. The topological polar surface area (TPSA) is 101 Å². The van der Waals surface area contributed by atoms with Crippen molar-refractivity contribution < 1.29 is 22.7 Å². The van der Waals surface area contributed by atoms with Crippen molar-refractivity contribution >= 4 is 11.5 Å². The molecule has 4 bridgehead atoms. The van der Waals surface area contributed by atoms with Crippen LogP contribution in [-0.4, -0.2) is 39.1 Å². The highest BCUT2D eigenvalue weighted by Crippen LogP contribution is 2.44. The van der Waals surface area contributed by atoms with Gasteiger partial charge in [0.25, 0.3) is 11.8 Å². The first kappa shape index (κ1) is 23.6. The molecule has 2 aliphatic rings. The monoisotopic (exact) mass is 487 g/mol. The summed E-state index contributed by atoms with van der Waals surface area (Å²) in [5.74, 6) is -0.379. The molecule has 7 nitrogen and oxygen atoms in total. The minimum atomic E-state index is -4.96. The van der Waals surface area contributed by atoms with Gasteiger partial charge in [-0.25, -0.2) is 4.98 Å². The molecule has 2 atom stereocenters. The van der Waals surface area contributed by atoms with E-state index in [9.17, 15) is 18.3 Å². The molecule has 1 unspecified atom stereocenters. The van der Waals surface area contributed by atoms with Crippen LogP contribution in [0.1, 0.15) is 62.0 Å². The lowest BCUT2D eigenvalue weighted by Gasteiger charge is -2.29. The van der Waals surface area contributed by atoms with Crippen molar-refractivity contribution in [1.29, 1.82) is 0 Å². The Balaban J connectivity index is 1.63. The third kappa shape index (κ3) is 4.47. The second-order valence-corrected chi connectivity index (χ2v) is 9.43. The molecule has 0 radical (unpaired) electrons. The highest BCUT2D eigenvalue weighted by atomic mass is 19.4. The zero-order valence-corrected chi connectivity index (χ0v) is 19.3. The van der Waals surface area contributed by atoms with E-state index in [0.717, 1.165) is 49.2 Å². The number of nitrogens with two attached hydrogens (primary N) is 1. The number of hydrogen-bond acceptors (Lipinski definition) is 7. The third-order valence-electron chi connectivity index (χ3n) is 7.02. The van der Waals surface area contributed by atoms with Crippen molar-refractivity contribution in [2.24, 2.45) is 0 Å². The van der Waals surface area contributed by atoms with E-state index in [1.165, 1.54) is 0 Å². The predicted octanol–water partition coefficient (Wildman–Crippen LogP) is 4.99. The summed E-state index contributed by atoms with van der Waals surface area (Å²) in [5.41, 5.74) is 5.50. The molecule has 1 aromatic carbocycles. The summed E-state index contributed by atoms with van der Waals surface area (Å²) in [4.78, 5) is 7.08. The lowest BCUT2D eigenvalue weighted by atomic mass is 9.94. The molecule has 3 aromatic rings. The number of nitrogen functional groups attached to an aromatic ring is 1. The number of alkyl halides is 3. The van der Waals surface area contributed by atoms with Crippen molar-refractivity contribution in [2.75, 3.05) is 17.2 Å². The smallest absolute Gasteiger partial charge is 0.416 e. The first-order chi connectivity index (χ1) is 16.8. The van der Waals surface area contributed by atoms with E-state index < -0.39 is 24.1 Å². The van der Waals surface area contributed by atoms with Crippen LogP contribution in [0.3, 0.4) is 0 Å². The molecule has 0 aliphatic carbocycles. The lowest BCUT2D eigenvalue weighted by Crippen LogP contribution is -2.42. The number of fused-ring (bicyclic) bond motifs is 7. The zero-order chi connectivity index (χ0) is 24.6. The van der Waals surface area contributed by atoms with E-state index >= 15 is 0 Å². The molecule has 186 valence electrons. The first-order valence-corrected chi connectivity index (χ1v) is 12.0. The van der Waals surface area contributed by atoms with E-state index in [0.29, 0.717) is 12.8 Å². The molecule has 35 heavy (non-hydrogen) atoms. The Morgan fingerprint density at radius 3 is 2.63 bits per heavy atom. The Kier molecular flexibility index (Phi) is 6.16. The Bertz CT molecular complexity index is 1180. The summed E-state index contributed by atoms with van der Waals surface area (Å²) in [6, 6.07) is 12.0. The van der Waals surface area contributed by atoms with E-state index in [1.807, 2.05) is 30.3 Å². The highest BCUT2D eigenvalue weighted by Gasteiger charge is 2.58. The van der Waals surface area contributed by atoms with Crippen LogP contribution in [0, 0.1) is 0 Å². The molecule has 3 N–H and O–H groups in total. The number of benzene rings is 1. The fourth-order valence-corrected chi connectivity index (χ4v) is 5.14. The molecule has 2 aliphatic heterocycles. The van der Waals surface area contributed by atoms with Gasteiger partial charge in [-0.05, 0) is 43.7 Å². The number of aromatic nitrogens is 3. The number of rotatable bonds is 2. The van der Waals surface area contributed by atoms with E-state index in [2.05, 4.69) is 15.1 Å². The number of aliphatic hydroxyl groups is 1. The van der Waals surface area contributed by atoms with Crippen molar-refractivity contribution in [2.45, 2.75) is 69.2 Å². The first-order valence-electron chi connectivity index (χ1n) is 12.0. The summed E-state index contributed by atoms with van der Waals surface area (Å²) in [6.45, 7) is 0.839. The van der Waals surface area contributed by atoms with Crippen LogP contribution in [0.15, 0.2) is 40.8 Å². The quantitative estimate of drug-likeness (QED) is 0.525. The lowest BCUT2D eigenvalue weighted by molar-refractivity contribution is -0.277. The Labute approximate surface area is 201 Å². The molecule has 0 spiro atoms. The van der Waals surface area contributed by atoms with Crippen LogP contribution < -0.4 is 10.6 Å². The molecule has 5 rings (SSSR count). The number of nitrogens with zero attached hydrogens (tertiary/aromatic N) is 4. The van der Waals surface area contributed by atoms with Gasteiger partial charge in [-0.1, -0.05) is 43.2 Å². The van der Waals surface area contributed by atoms with E-state index in [1.54, 1.807) is 6.07 Å². The second kappa shape index (κ2) is 9.14. The van der Waals surface area contributed by atoms with Crippen molar-refractivity contribution in [3.8, 4) is 11.6 Å². The van der Waals surface area contributed by atoms with Gasteiger partial charge in [0, 0.05) is 24.6 Å². The Hall–Kier alpha value is -3.14. The van der Waals surface area contributed by atoms with Gasteiger partial charge in [-0.3, -0.25) is 0 Å². The Morgan fingerprint density at radius 1 is 1.09 bits per heavy atom. The second-order valence-electron chi connectivity index (χ2n) is 9.43. The Morgan fingerprint density at radius 2 is 1.86 bits per heavy atom. The summed E-state index contributed by atoms with van der Waals surface area (Å²) in [5, 5.41) is 18.0. The minimum absolute atomic E-state index is 0.128. The van der Waals surface area contributed by atoms with Crippen LogP contribution in [0.5, 0.6) is 0 Å². The molecule has 1 saturated heterocycles. The average Bonchev–Trinajstić information content (AvgIpc) is 3.49. The largest absolute Gasteiger partial charge is 0.426 e. The van der Waals surface area contributed by atoms with Gasteiger partial charge in [0.15, 0.2) is 5.69 Å². The maximum absolute atomic E-state index is 13.9. The van der Waals surface area contributed by atoms with Gasteiger partial charge in [-0.15, -0.1) is 10.2 Å². The van der Waals surface area contributed by atoms with Gasteiger partial charge in [0.1, 0.15) is 5.82 Å². The molecule has 4 heterocycles. The van der Waals surface area contributed by atoms with Crippen LogP contribution in [0.4, 0.5) is 24.7 Å². The fourth-order valence-electron chi connectivity index (χ4n) is 5.14. The highest BCUT2D eigenvalue weighted by molar-refractivity contribution is 5.71. The van der Waals surface area contributed by atoms with Gasteiger partial charge >= 0.3 is 6.18 Å². The number of hydrogen-bond donors (Lipinski definition) is 2. The van der Waals surface area contributed by atoms with Gasteiger partial charge in [-0.2, -0.15) is 13.2 Å². The minimum Gasteiger partial charge on any atom is -0.416 e. The third-order valence-corrected chi connectivity index (χ3v) is 7.02. The van der Waals surface area contributed by atoms with E-state index in [-0.39, 0.29) is 29.7 Å². The number of halogens is 3. The zero-order valence-electron chi connectivity index (χ0n) is 19.3. The van der Waals surface area contributed by atoms with Crippen molar-refractivity contribution in [3.05, 3.63) is 53.4 Å². The standard InChI is InChI=1S/C25H28F3N5O2/c26-25(27,28)24(34)12-6-2-5-10-18-11-7-13-33(18)21-17(14-16-8-3-1-4-9-16)15-19(29)20(30-21)22-31-32-23(24)35-22/h1,3-4,8-9,15,18,34H,2,5-7,10-14,29H2/t18-,24?/m1/s1. The molecule has 2 aromatic heterocycles. The molecule has 1 fully saturated rings. The van der Waals surface area contributed by atoms with Crippen LogP contribution in [0.2, 0.25) is 0 Å². The number of anilines is 2. The van der Waals surface area contributed by atoms with Crippen molar-refractivity contribution in [1.82, 2.24) is 15.2 Å². The predicted molar refractivity (Wildman–Crippen MR) is 125 cm³/mol. The maximum atomic E-state index is 13.9. The van der Waals surface area contributed by atoms with Gasteiger partial charge < -0.3 is 20.2 Å². The number of pyridine rings is 1. The fraction of sp³-hybridized carbons (Fsp3) is 0.480. The summed E-state index contributed by atoms with van der Waals surface area (Å²) < 4.78 is 47.0. The maximum Gasteiger partial charge on any atom is 0.426 e. The van der Waals surface area contributed by atoms with Crippen molar-refractivity contribution in [3.63, 3.8) is 0 Å². The summed E-state index contributed by atoms with van der Waals surface area (Å²) in [7, 11) is 0. The van der Waals surface area contributed by atoms with Crippen LogP contribution >= 0.6 is 0 Å². The summed E-state index contributed by atoms with van der Waals surface area (Å²) in [6.07, 6.45) is -0.559. The van der Waals surface area contributed by atoms with Gasteiger partial charge in [0.2, 0.25) is 5.60 Å².